The lowest BCUT2D eigenvalue weighted by Crippen LogP contribution is -2.56. The second-order valence-corrected chi connectivity index (χ2v) is 13.7. The summed E-state index contributed by atoms with van der Waals surface area (Å²) in [6.07, 6.45) is 0.117. The molecule has 0 heterocycles. The van der Waals surface area contributed by atoms with E-state index >= 15 is 0 Å². The molecule has 4 rings (SSSR count). The quantitative estimate of drug-likeness (QED) is 0.212. The van der Waals surface area contributed by atoms with Crippen molar-refractivity contribution in [2.75, 3.05) is 10.8 Å². The van der Waals surface area contributed by atoms with E-state index in [4.69, 9.17) is 11.6 Å². The predicted octanol–water partition coefficient (Wildman–Crippen LogP) is 6.23. The van der Waals surface area contributed by atoms with Crippen LogP contribution in [-0.2, 0) is 32.6 Å². The minimum atomic E-state index is -4.26. The zero-order valence-electron chi connectivity index (χ0n) is 24.8. The van der Waals surface area contributed by atoms with Crippen molar-refractivity contribution in [3.05, 3.63) is 131 Å². The number of sulfonamides is 1. The van der Waals surface area contributed by atoms with Crippen molar-refractivity contribution in [3.8, 4) is 0 Å². The fourth-order valence-corrected chi connectivity index (χ4v) is 6.31. The zero-order chi connectivity index (χ0) is 31.9. The molecule has 2 amide bonds. The third-order valence-corrected chi connectivity index (χ3v) is 8.80. The lowest BCUT2D eigenvalue weighted by molar-refractivity contribution is -0.140. The van der Waals surface area contributed by atoms with Gasteiger partial charge in [-0.3, -0.25) is 13.9 Å². The molecule has 0 aromatic heterocycles. The average Bonchev–Trinajstić information content (AvgIpc) is 2.98. The highest BCUT2D eigenvalue weighted by Crippen LogP contribution is 2.27. The normalized spacial score (nSPS) is 12.3. The van der Waals surface area contributed by atoms with Crippen molar-refractivity contribution in [1.82, 2.24) is 10.2 Å². The Morgan fingerprint density at radius 1 is 0.864 bits per heavy atom. The lowest BCUT2D eigenvalue weighted by Gasteiger charge is -2.35. The molecular weight excluding hydrogens is 601 g/mol. The van der Waals surface area contributed by atoms with Gasteiger partial charge in [0.1, 0.15) is 18.4 Å². The molecule has 0 saturated heterocycles. The number of amides is 2. The molecule has 7 nitrogen and oxygen atoms in total. The van der Waals surface area contributed by atoms with Crippen LogP contribution in [0.25, 0.3) is 0 Å². The Balaban J connectivity index is 1.82. The highest BCUT2D eigenvalue weighted by Gasteiger charge is 2.36. The van der Waals surface area contributed by atoms with Crippen LogP contribution >= 0.6 is 11.6 Å². The fourth-order valence-electron chi connectivity index (χ4n) is 4.70. The summed E-state index contributed by atoms with van der Waals surface area (Å²) in [5.74, 6) is -1.70. The third-order valence-electron chi connectivity index (χ3n) is 6.77. The fraction of sp³-hybridized carbons (Fsp3) is 0.235. The molecule has 0 fully saturated rings. The van der Waals surface area contributed by atoms with Crippen molar-refractivity contribution in [2.24, 2.45) is 0 Å². The van der Waals surface area contributed by atoms with Crippen molar-refractivity contribution in [1.29, 1.82) is 0 Å². The van der Waals surface area contributed by atoms with Gasteiger partial charge in [0.05, 0.1) is 10.6 Å². The largest absolute Gasteiger partial charge is 0.350 e. The molecular formula is C34H35ClFN3O4S. The van der Waals surface area contributed by atoms with Crippen LogP contribution in [0.3, 0.4) is 0 Å². The summed E-state index contributed by atoms with van der Waals surface area (Å²) < 4.78 is 43.9. The molecule has 0 aliphatic carbocycles. The number of halogens is 2. The number of nitrogens with zero attached hydrogens (tertiary/aromatic N) is 2. The second kappa shape index (κ2) is 14.1. The van der Waals surface area contributed by atoms with Gasteiger partial charge in [-0.2, -0.15) is 0 Å². The molecule has 4 aromatic carbocycles. The molecule has 10 heteroatoms. The summed E-state index contributed by atoms with van der Waals surface area (Å²) in [5, 5.41) is 3.22. The van der Waals surface area contributed by atoms with Gasteiger partial charge in [-0.05, 0) is 62.7 Å². The van der Waals surface area contributed by atoms with Crippen LogP contribution < -0.4 is 9.62 Å². The summed E-state index contributed by atoms with van der Waals surface area (Å²) in [7, 11) is -4.26. The molecule has 0 saturated carbocycles. The van der Waals surface area contributed by atoms with Gasteiger partial charge in [0.2, 0.25) is 11.8 Å². The highest BCUT2D eigenvalue weighted by molar-refractivity contribution is 7.92. The van der Waals surface area contributed by atoms with E-state index in [-0.39, 0.29) is 34.1 Å². The SMILES string of the molecule is CC(C)(C)NC(=O)[C@H](Cc1ccccc1)N(Cc1ccccc1F)C(=O)CN(c1cccc(Cl)c1)S(=O)(=O)c1ccccc1. The van der Waals surface area contributed by atoms with E-state index in [1.807, 2.05) is 51.1 Å². The molecule has 0 aliphatic rings. The van der Waals surface area contributed by atoms with Crippen molar-refractivity contribution < 1.29 is 22.4 Å². The first-order valence-corrected chi connectivity index (χ1v) is 15.9. The van der Waals surface area contributed by atoms with Gasteiger partial charge < -0.3 is 10.2 Å². The average molecular weight is 636 g/mol. The Morgan fingerprint density at radius 3 is 2.09 bits per heavy atom. The number of hydrogen-bond donors (Lipinski definition) is 1. The standard InChI is InChI=1S/C34H35ClFN3O4S/c1-34(2,3)37-33(41)31(21-25-13-6-4-7-14-25)38(23-26-15-10-11-20-30(26)36)32(40)24-39(28-17-12-16-27(35)22-28)44(42,43)29-18-8-5-9-19-29/h4-20,22,31H,21,23-24H2,1-3H3,(H,37,41)/t31-/m0/s1. The van der Waals surface area contributed by atoms with Crippen LogP contribution in [0.1, 0.15) is 31.9 Å². The lowest BCUT2D eigenvalue weighted by atomic mass is 10.0. The van der Waals surface area contributed by atoms with Gasteiger partial charge in [-0.15, -0.1) is 0 Å². The topological polar surface area (TPSA) is 86.8 Å². The monoisotopic (exact) mass is 635 g/mol. The first-order chi connectivity index (χ1) is 20.8. The molecule has 44 heavy (non-hydrogen) atoms. The molecule has 0 spiro atoms. The molecule has 4 aromatic rings. The van der Waals surface area contributed by atoms with Gasteiger partial charge in [0.15, 0.2) is 0 Å². The van der Waals surface area contributed by atoms with E-state index in [9.17, 15) is 22.4 Å². The Hall–Kier alpha value is -4.21. The number of carbonyl (C=O) groups is 2. The molecule has 1 N–H and O–H groups in total. The number of hydrogen-bond acceptors (Lipinski definition) is 4. The van der Waals surface area contributed by atoms with E-state index in [1.165, 1.54) is 47.4 Å². The smallest absolute Gasteiger partial charge is 0.264 e. The summed E-state index contributed by atoms with van der Waals surface area (Å²) in [6, 6.07) is 27.9. The Morgan fingerprint density at radius 2 is 1.48 bits per heavy atom. The minimum absolute atomic E-state index is 0.0280. The number of carbonyl (C=O) groups excluding carboxylic acids is 2. The second-order valence-electron chi connectivity index (χ2n) is 11.4. The van der Waals surface area contributed by atoms with Crippen LogP contribution in [0, 0.1) is 5.82 Å². The number of nitrogens with one attached hydrogen (secondary N) is 1. The van der Waals surface area contributed by atoms with E-state index in [2.05, 4.69) is 5.32 Å². The maximum atomic E-state index is 15.0. The van der Waals surface area contributed by atoms with Gasteiger partial charge in [0, 0.05) is 29.1 Å². The van der Waals surface area contributed by atoms with Gasteiger partial charge in [-0.1, -0.05) is 84.4 Å². The maximum Gasteiger partial charge on any atom is 0.264 e. The molecule has 0 aliphatic heterocycles. The van der Waals surface area contributed by atoms with E-state index in [0.29, 0.717) is 0 Å². The van der Waals surface area contributed by atoms with E-state index in [1.54, 1.807) is 36.4 Å². The van der Waals surface area contributed by atoms with E-state index in [0.717, 1.165) is 9.87 Å². The minimum Gasteiger partial charge on any atom is -0.350 e. The highest BCUT2D eigenvalue weighted by atomic mass is 35.5. The first kappa shape index (κ1) is 32.7. The Labute approximate surface area is 263 Å². The van der Waals surface area contributed by atoms with Crippen molar-refractivity contribution in [2.45, 2.75) is 50.2 Å². The number of rotatable bonds is 11. The summed E-state index contributed by atoms with van der Waals surface area (Å²) in [6.45, 7) is 4.53. The van der Waals surface area contributed by atoms with Gasteiger partial charge in [0.25, 0.3) is 10.0 Å². The molecule has 0 unspecified atom stereocenters. The molecule has 0 bridgehead atoms. The summed E-state index contributed by atoms with van der Waals surface area (Å²) >= 11 is 6.24. The van der Waals surface area contributed by atoms with Crippen LogP contribution in [0.5, 0.6) is 0 Å². The summed E-state index contributed by atoms with van der Waals surface area (Å²) in [4.78, 5) is 29.5. The van der Waals surface area contributed by atoms with E-state index < -0.39 is 45.8 Å². The van der Waals surface area contributed by atoms with Crippen LogP contribution in [-0.4, -0.2) is 43.3 Å². The van der Waals surface area contributed by atoms with Gasteiger partial charge >= 0.3 is 0 Å². The molecule has 0 radical (unpaired) electrons. The Bertz CT molecular complexity index is 1700. The number of anilines is 1. The predicted molar refractivity (Wildman–Crippen MR) is 171 cm³/mol. The molecule has 1 atom stereocenters. The summed E-state index contributed by atoms with van der Waals surface area (Å²) in [5.41, 5.74) is 0.487. The number of benzene rings is 4. The van der Waals surface area contributed by atoms with Crippen molar-refractivity contribution in [3.63, 3.8) is 0 Å². The van der Waals surface area contributed by atoms with Crippen LogP contribution in [0.2, 0.25) is 5.02 Å². The van der Waals surface area contributed by atoms with Crippen LogP contribution in [0.4, 0.5) is 10.1 Å². The van der Waals surface area contributed by atoms with Gasteiger partial charge in [-0.25, -0.2) is 12.8 Å². The van der Waals surface area contributed by atoms with Crippen molar-refractivity contribution >= 4 is 39.1 Å². The zero-order valence-corrected chi connectivity index (χ0v) is 26.4. The van der Waals surface area contributed by atoms with Crippen LogP contribution in [0.15, 0.2) is 114 Å². The molecule has 230 valence electrons. The first-order valence-electron chi connectivity index (χ1n) is 14.1. The third kappa shape index (κ3) is 8.45. The maximum absolute atomic E-state index is 15.0. The Kier molecular flexibility index (Phi) is 10.4.